The van der Waals surface area contributed by atoms with Gasteiger partial charge in [-0.15, -0.1) is 11.3 Å². The largest absolute Gasteiger partial charge is 0.381 e. The van der Waals surface area contributed by atoms with Crippen LogP contribution in [-0.2, 0) is 11.2 Å². The van der Waals surface area contributed by atoms with E-state index in [4.69, 9.17) is 10.00 Å². The number of aryl methyl sites for hydroxylation is 1. The van der Waals surface area contributed by atoms with Crippen molar-refractivity contribution in [2.75, 3.05) is 48.0 Å². The van der Waals surface area contributed by atoms with E-state index in [9.17, 15) is 18.8 Å². The predicted octanol–water partition coefficient (Wildman–Crippen LogP) is 6.16. The van der Waals surface area contributed by atoms with Gasteiger partial charge in [0.05, 0.1) is 16.1 Å². The average Bonchev–Trinajstić information content (AvgIpc) is 3.76. The number of hydrogen-bond acceptors (Lipinski definition) is 9. The molecule has 3 aromatic heterocycles. The first-order valence-corrected chi connectivity index (χ1v) is 17.5. The number of aromatic nitrogens is 3. The van der Waals surface area contributed by atoms with E-state index in [2.05, 4.69) is 25.2 Å². The molecule has 0 bridgehead atoms. The first kappa shape index (κ1) is 32.5. The zero-order chi connectivity index (χ0) is 35.3. The average molecular weight is 702 g/mol. The number of ether oxygens (including phenoxy) is 1. The van der Waals surface area contributed by atoms with E-state index in [1.54, 1.807) is 47.5 Å². The number of aromatic amines is 1. The predicted molar refractivity (Wildman–Crippen MR) is 190 cm³/mol. The Kier molecular flexibility index (Phi) is 8.20. The molecule has 2 N–H and O–H groups in total. The maximum Gasteiger partial charge on any atom is 0.259 e. The molecule has 2 amide bonds. The van der Waals surface area contributed by atoms with Crippen LogP contribution in [0.25, 0.3) is 10.4 Å². The van der Waals surface area contributed by atoms with Gasteiger partial charge in [-0.3, -0.25) is 14.4 Å². The molecular weight excluding hydrogens is 670 g/mol. The molecule has 13 heteroatoms. The monoisotopic (exact) mass is 701 g/mol. The highest BCUT2D eigenvalue weighted by Gasteiger charge is 2.45. The lowest BCUT2D eigenvalue weighted by Crippen LogP contribution is -2.59. The number of carbonyl (C=O) groups is 3. The number of nitrogens with zero attached hydrogens (tertiary/aromatic N) is 5. The van der Waals surface area contributed by atoms with Gasteiger partial charge in [-0.25, -0.2) is 14.4 Å². The Morgan fingerprint density at radius 2 is 1.86 bits per heavy atom. The number of pyridine rings is 1. The van der Waals surface area contributed by atoms with Crippen molar-refractivity contribution in [2.45, 2.75) is 26.2 Å². The Balaban J connectivity index is 1.00. The highest BCUT2D eigenvalue weighted by atomic mass is 32.1. The first-order chi connectivity index (χ1) is 24.7. The second-order valence-corrected chi connectivity index (χ2v) is 14.3. The lowest BCUT2D eigenvalue weighted by molar-refractivity contribution is -0.000511. The number of thiophene rings is 1. The fraction of sp³-hybridized carbons (Fsp3) is 0.263. The number of hydrogen-bond donors (Lipinski definition) is 2. The minimum absolute atomic E-state index is 0.0642. The van der Waals surface area contributed by atoms with E-state index in [0.717, 1.165) is 55.1 Å². The van der Waals surface area contributed by atoms with E-state index in [1.165, 1.54) is 29.7 Å². The Bertz CT molecular complexity index is 2240. The molecule has 1 spiro atoms. The number of benzene rings is 2. The standard InChI is InChI=1S/C38H32FN7O4S/c1-22-14-29(35(42-18-22)45-20-38(21-45)9-12-50-13-10-38)36(48)44-26-5-2-23(3-6-26)37(49)46-11-8-24-15-31(32(47)34-41-19-27(17-40)43-34)51-33(24)28-7-4-25(39)16-30(28)46/h2-7,14-16,18-19H,8-13,20-21H2,1H3,(H,41,43)(H,44,48). The fourth-order valence-electron chi connectivity index (χ4n) is 7.12. The second kappa shape index (κ2) is 12.9. The number of imidazole rings is 1. The first-order valence-electron chi connectivity index (χ1n) is 16.7. The summed E-state index contributed by atoms with van der Waals surface area (Å²) in [5, 5.41) is 12.1. The molecule has 11 nitrogen and oxygen atoms in total. The van der Waals surface area contributed by atoms with Crippen LogP contribution in [0.3, 0.4) is 0 Å². The highest BCUT2D eigenvalue weighted by molar-refractivity contribution is 7.17. The molecule has 3 aliphatic heterocycles. The summed E-state index contributed by atoms with van der Waals surface area (Å²) < 4.78 is 20.2. The molecule has 5 aromatic rings. The number of nitriles is 1. The molecule has 0 aliphatic carbocycles. The third-order valence-corrected chi connectivity index (χ3v) is 11.0. The van der Waals surface area contributed by atoms with Gasteiger partial charge < -0.3 is 24.8 Å². The van der Waals surface area contributed by atoms with Gasteiger partial charge in [-0.05, 0) is 91.9 Å². The van der Waals surface area contributed by atoms with E-state index in [1.807, 2.05) is 19.1 Å². The molecule has 3 aliphatic rings. The molecule has 0 unspecified atom stereocenters. The van der Waals surface area contributed by atoms with Crippen molar-refractivity contribution < 1.29 is 23.5 Å². The van der Waals surface area contributed by atoms with Gasteiger partial charge >= 0.3 is 0 Å². The van der Waals surface area contributed by atoms with E-state index >= 15 is 0 Å². The van der Waals surface area contributed by atoms with Crippen molar-refractivity contribution in [1.82, 2.24) is 15.0 Å². The van der Waals surface area contributed by atoms with Gasteiger partial charge in [0.1, 0.15) is 17.7 Å². The molecule has 2 fully saturated rings. The van der Waals surface area contributed by atoms with Gasteiger partial charge in [-0.2, -0.15) is 5.26 Å². The van der Waals surface area contributed by atoms with Gasteiger partial charge in [0.15, 0.2) is 11.5 Å². The number of anilines is 3. The van der Waals surface area contributed by atoms with Crippen LogP contribution in [0.4, 0.5) is 21.6 Å². The van der Waals surface area contributed by atoms with Crippen LogP contribution in [0.5, 0.6) is 0 Å². The minimum atomic E-state index is -0.494. The second-order valence-electron chi connectivity index (χ2n) is 13.3. The summed E-state index contributed by atoms with van der Waals surface area (Å²) in [6.45, 7) is 5.36. The summed E-state index contributed by atoms with van der Waals surface area (Å²) in [6.07, 6.45) is 5.60. The Labute approximate surface area is 296 Å². The maximum absolute atomic E-state index is 14.7. The summed E-state index contributed by atoms with van der Waals surface area (Å²) in [5.41, 5.74) is 4.48. The summed E-state index contributed by atoms with van der Waals surface area (Å²) in [4.78, 5) is 57.0. The minimum Gasteiger partial charge on any atom is -0.381 e. The van der Waals surface area contributed by atoms with Crippen LogP contribution in [-0.4, -0.2) is 65.4 Å². The number of nitrogens with one attached hydrogen (secondary N) is 2. The molecule has 6 heterocycles. The molecule has 0 saturated carbocycles. The third-order valence-electron chi connectivity index (χ3n) is 9.83. The molecule has 2 saturated heterocycles. The van der Waals surface area contributed by atoms with Crippen molar-refractivity contribution in [3.05, 3.63) is 111 Å². The molecule has 0 atom stereocenters. The molecule has 51 heavy (non-hydrogen) atoms. The number of H-pyrrole nitrogens is 1. The summed E-state index contributed by atoms with van der Waals surface area (Å²) in [6, 6.07) is 16.5. The van der Waals surface area contributed by atoms with Gasteiger partial charge in [0.2, 0.25) is 5.78 Å². The quantitative estimate of drug-likeness (QED) is 0.201. The fourth-order valence-corrected chi connectivity index (χ4v) is 8.30. The van der Waals surface area contributed by atoms with Gasteiger partial charge in [-0.1, -0.05) is 0 Å². The van der Waals surface area contributed by atoms with Crippen molar-refractivity contribution in [1.29, 1.82) is 5.26 Å². The molecule has 2 aromatic carbocycles. The van der Waals surface area contributed by atoms with Crippen LogP contribution in [0.15, 0.2) is 67.0 Å². The lowest BCUT2D eigenvalue weighted by atomic mass is 9.73. The zero-order valence-corrected chi connectivity index (χ0v) is 28.5. The molecular formula is C38H32FN7O4S. The Morgan fingerprint density at radius 3 is 2.61 bits per heavy atom. The van der Waals surface area contributed by atoms with Crippen LogP contribution in [0, 0.1) is 29.5 Å². The maximum atomic E-state index is 14.7. The van der Waals surface area contributed by atoms with Crippen molar-refractivity contribution >= 4 is 46.1 Å². The van der Waals surface area contributed by atoms with Crippen LogP contribution >= 0.6 is 11.3 Å². The SMILES string of the molecule is Cc1cnc(N2CC3(CCOCC3)C2)c(C(=O)Nc2ccc(C(=O)N3CCc4cc(C(=O)c5nc(C#N)c[nH]5)sc4-c4ccc(F)cc43)cc2)c1. The highest BCUT2D eigenvalue weighted by Crippen LogP contribution is 2.44. The Hall–Kier alpha value is -5.71. The number of rotatable bonds is 6. The van der Waals surface area contributed by atoms with Crippen LogP contribution < -0.4 is 15.1 Å². The smallest absolute Gasteiger partial charge is 0.259 e. The molecule has 0 radical (unpaired) electrons. The van der Waals surface area contributed by atoms with E-state index < -0.39 is 5.82 Å². The zero-order valence-electron chi connectivity index (χ0n) is 27.7. The number of amides is 2. The molecule has 256 valence electrons. The van der Waals surface area contributed by atoms with Gasteiger partial charge in [0, 0.05) is 72.3 Å². The summed E-state index contributed by atoms with van der Waals surface area (Å²) in [5.74, 6) is -0.728. The topological polar surface area (TPSA) is 144 Å². The normalized spacial score (nSPS) is 16.0. The number of carbonyl (C=O) groups excluding carboxylic acids is 3. The van der Waals surface area contributed by atoms with Gasteiger partial charge in [0.25, 0.3) is 11.8 Å². The summed E-state index contributed by atoms with van der Waals surface area (Å²) >= 11 is 1.24. The number of halogens is 1. The molecule has 8 rings (SSSR count). The number of fused-ring (bicyclic) bond motifs is 3. The van der Waals surface area contributed by atoms with E-state index in [0.29, 0.717) is 45.2 Å². The van der Waals surface area contributed by atoms with Crippen LogP contribution in [0.1, 0.15) is 65.9 Å². The van der Waals surface area contributed by atoms with Crippen molar-refractivity contribution in [3.8, 4) is 16.5 Å². The Morgan fingerprint density at radius 1 is 1.08 bits per heavy atom. The lowest BCUT2D eigenvalue weighted by Gasteiger charge is -2.53. The van der Waals surface area contributed by atoms with Crippen molar-refractivity contribution in [2.24, 2.45) is 5.41 Å². The third kappa shape index (κ3) is 6.06. The number of ketones is 1. The van der Waals surface area contributed by atoms with E-state index in [-0.39, 0.29) is 41.1 Å². The van der Waals surface area contributed by atoms with Crippen molar-refractivity contribution in [3.63, 3.8) is 0 Å². The summed E-state index contributed by atoms with van der Waals surface area (Å²) in [7, 11) is 0. The van der Waals surface area contributed by atoms with Crippen LogP contribution in [0.2, 0.25) is 0 Å².